The highest BCUT2D eigenvalue weighted by molar-refractivity contribution is 7.92. The molecule has 3 heterocycles. The van der Waals surface area contributed by atoms with E-state index in [-0.39, 0.29) is 4.90 Å². The summed E-state index contributed by atoms with van der Waals surface area (Å²) in [5.41, 5.74) is 1.65. The number of fused-ring (bicyclic) bond motifs is 2. The number of sulfonamides is 1. The second-order valence-electron chi connectivity index (χ2n) is 5.49. The van der Waals surface area contributed by atoms with Crippen molar-refractivity contribution in [2.45, 2.75) is 17.7 Å². The minimum absolute atomic E-state index is 0.207. The third-order valence-corrected chi connectivity index (χ3v) is 5.86. The van der Waals surface area contributed by atoms with Crippen LogP contribution in [0.4, 0.5) is 5.69 Å². The van der Waals surface area contributed by atoms with E-state index in [0.29, 0.717) is 43.4 Å². The minimum atomic E-state index is -3.64. The maximum atomic E-state index is 13.0. The maximum Gasteiger partial charge on any atom is 0.264 e. The van der Waals surface area contributed by atoms with Gasteiger partial charge in [-0.2, -0.15) is 0 Å². The van der Waals surface area contributed by atoms with Crippen molar-refractivity contribution in [3.05, 3.63) is 42.2 Å². The number of benzene rings is 1. The van der Waals surface area contributed by atoms with E-state index >= 15 is 0 Å². The van der Waals surface area contributed by atoms with Gasteiger partial charge in [-0.25, -0.2) is 8.42 Å². The van der Waals surface area contributed by atoms with Crippen molar-refractivity contribution in [1.82, 2.24) is 4.98 Å². The number of hydrogen-bond acceptors (Lipinski definition) is 5. The number of anilines is 1. The molecule has 0 spiro atoms. The Kier molecular flexibility index (Phi) is 3.37. The molecule has 2 aliphatic rings. The Balaban J connectivity index is 1.74. The smallest absolute Gasteiger partial charge is 0.264 e. The molecule has 0 aliphatic carbocycles. The SMILES string of the molecule is O=S(=O)(c1ccc2c(c1)OCCCO2)N1CCc2ccncc21. The van der Waals surface area contributed by atoms with E-state index in [1.54, 1.807) is 30.6 Å². The van der Waals surface area contributed by atoms with Gasteiger partial charge in [-0.3, -0.25) is 9.29 Å². The third kappa shape index (κ3) is 2.41. The van der Waals surface area contributed by atoms with E-state index in [1.807, 2.05) is 6.07 Å². The van der Waals surface area contributed by atoms with Crippen LogP contribution in [-0.4, -0.2) is 33.2 Å². The van der Waals surface area contributed by atoms with E-state index in [4.69, 9.17) is 9.47 Å². The summed E-state index contributed by atoms with van der Waals surface area (Å²) in [4.78, 5) is 4.25. The van der Waals surface area contributed by atoms with Crippen LogP contribution in [0.15, 0.2) is 41.6 Å². The first-order valence-corrected chi connectivity index (χ1v) is 8.95. The average molecular weight is 332 g/mol. The third-order valence-electron chi connectivity index (χ3n) is 4.05. The van der Waals surface area contributed by atoms with Crippen molar-refractivity contribution in [1.29, 1.82) is 0 Å². The number of rotatable bonds is 2. The molecule has 0 N–H and O–H groups in total. The van der Waals surface area contributed by atoms with E-state index in [2.05, 4.69) is 4.98 Å². The highest BCUT2D eigenvalue weighted by Crippen LogP contribution is 2.36. The fraction of sp³-hybridized carbons (Fsp3) is 0.312. The topological polar surface area (TPSA) is 68.7 Å². The van der Waals surface area contributed by atoms with Gasteiger partial charge in [-0.1, -0.05) is 0 Å². The Hall–Kier alpha value is -2.28. The number of nitrogens with zero attached hydrogens (tertiary/aromatic N) is 2. The van der Waals surface area contributed by atoms with Gasteiger partial charge in [-0.15, -0.1) is 0 Å². The zero-order valence-corrected chi connectivity index (χ0v) is 13.3. The second-order valence-corrected chi connectivity index (χ2v) is 7.35. The molecule has 4 rings (SSSR count). The van der Waals surface area contributed by atoms with Crippen LogP contribution >= 0.6 is 0 Å². The number of ether oxygens (including phenoxy) is 2. The van der Waals surface area contributed by atoms with Crippen molar-refractivity contribution < 1.29 is 17.9 Å². The molecule has 1 aromatic heterocycles. The van der Waals surface area contributed by atoms with E-state index in [0.717, 1.165) is 12.0 Å². The summed E-state index contributed by atoms with van der Waals surface area (Å²) in [7, 11) is -3.64. The van der Waals surface area contributed by atoms with Gasteiger partial charge in [-0.05, 0) is 30.2 Å². The second kappa shape index (κ2) is 5.42. The summed E-state index contributed by atoms with van der Waals surface area (Å²) in [6, 6.07) is 6.63. The molecular formula is C16H16N2O4S. The number of hydrogen-bond donors (Lipinski definition) is 0. The van der Waals surface area contributed by atoms with Gasteiger partial charge in [0.2, 0.25) is 0 Å². The zero-order valence-electron chi connectivity index (χ0n) is 12.4. The summed E-state index contributed by atoms with van der Waals surface area (Å²) in [5.74, 6) is 1.07. The fourth-order valence-corrected chi connectivity index (χ4v) is 4.38. The summed E-state index contributed by atoms with van der Waals surface area (Å²) in [6.07, 6.45) is 4.76. The molecule has 0 unspecified atom stereocenters. The van der Waals surface area contributed by atoms with E-state index < -0.39 is 10.0 Å². The van der Waals surface area contributed by atoms with Crippen LogP contribution in [0.5, 0.6) is 11.5 Å². The molecule has 6 nitrogen and oxygen atoms in total. The lowest BCUT2D eigenvalue weighted by atomic mass is 10.2. The Morgan fingerprint density at radius 2 is 1.91 bits per heavy atom. The van der Waals surface area contributed by atoms with Gasteiger partial charge < -0.3 is 9.47 Å². The molecule has 2 aliphatic heterocycles. The molecule has 0 amide bonds. The van der Waals surface area contributed by atoms with Crippen molar-refractivity contribution >= 4 is 15.7 Å². The van der Waals surface area contributed by atoms with Crippen molar-refractivity contribution in [2.24, 2.45) is 0 Å². The van der Waals surface area contributed by atoms with Gasteiger partial charge in [0, 0.05) is 25.2 Å². The number of aromatic nitrogens is 1. The predicted molar refractivity (Wildman–Crippen MR) is 84.5 cm³/mol. The summed E-state index contributed by atoms with van der Waals surface area (Å²) in [5, 5.41) is 0. The van der Waals surface area contributed by atoms with Crippen LogP contribution in [0.1, 0.15) is 12.0 Å². The van der Waals surface area contributed by atoms with Gasteiger partial charge in [0.05, 0.1) is 30.0 Å². The van der Waals surface area contributed by atoms with Crippen LogP contribution in [-0.2, 0) is 16.4 Å². The Bertz CT molecular complexity index is 851. The van der Waals surface area contributed by atoms with Crippen molar-refractivity contribution in [3.63, 3.8) is 0 Å². The number of pyridine rings is 1. The molecule has 1 aromatic carbocycles. The molecule has 2 aromatic rings. The van der Waals surface area contributed by atoms with Crippen LogP contribution in [0.3, 0.4) is 0 Å². The van der Waals surface area contributed by atoms with Crippen molar-refractivity contribution in [2.75, 3.05) is 24.1 Å². The molecule has 0 saturated carbocycles. The van der Waals surface area contributed by atoms with Crippen LogP contribution in [0.25, 0.3) is 0 Å². The molecule has 0 bridgehead atoms. The Labute approximate surface area is 134 Å². The standard InChI is InChI=1S/C16H16N2O4S/c19-23(20,18-7-5-12-4-6-17-11-14(12)18)13-2-3-15-16(10-13)22-9-1-8-21-15/h2-4,6,10-11H,1,5,7-9H2. The lowest BCUT2D eigenvalue weighted by Gasteiger charge is -2.20. The zero-order chi connectivity index (χ0) is 15.9. The first kappa shape index (κ1) is 14.3. The largest absolute Gasteiger partial charge is 0.490 e. The Morgan fingerprint density at radius 3 is 2.78 bits per heavy atom. The summed E-state index contributed by atoms with van der Waals surface area (Å²) >= 11 is 0. The molecule has 0 saturated heterocycles. The van der Waals surface area contributed by atoms with E-state index in [1.165, 1.54) is 4.31 Å². The van der Waals surface area contributed by atoms with Crippen molar-refractivity contribution in [3.8, 4) is 11.5 Å². The molecule has 7 heteroatoms. The lowest BCUT2D eigenvalue weighted by molar-refractivity contribution is 0.297. The fourth-order valence-electron chi connectivity index (χ4n) is 2.87. The van der Waals surface area contributed by atoms with Crippen LogP contribution < -0.4 is 13.8 Å². The molecule has 0 radical (unpaired) electrons. The summed E-state index contributed by atoms with van der Waals surface area (Å²) in [6.45, 7) is 1.52. The molecular weight excluding hydrogens is 316 g/mol. The van der Waals surface area contributed by atoms with Gasteiger partial charge in [0.15, 0.2) is 11.5 Å². The van der Waals surface area contributed by atoms with Gasteiger partial charge >= 0.3 is 0 Å². The quantitative estimate of drug-likeness (QED) is 0.841. The van der Waals surface area contributed by atoms with Gasteiger partial charge in [0.25, 0.3) is 10.0 Å². The first-order chi connectivity index (χ1) is 11.2. The predicted octanol–water partition coefficient (Wildman–Crippen LogP) is 1.99. The lowest BCUT2D eigenvalue weighted by Crippen LogP contribution is -2.29. The highest BCUT2D eigenvalue weighted by atomic mass is 32.2. The molecule has 0 atom stereocenters. The highest BCUT2D eigenvalue weighted by Gasteiger charge is 2.31. The average Bonchev–Trinajstić information content (AvgIpc) is 2.86. The molecule has 0 fully saturated rings. The monoisotopic (exact) mass is 332 g/mol. The van der Waals surface area contributed by atoms with Gasteiger partial charge in [0.1, 0.15) is 0 Å². The van der Waals surface area contributed by atoms with Crippen LogP contribution in [0.2, 0.25) is 0 Å². The molecule has 23 heavy (non-hydrogen) atoms. The maximum absolute atomic E-state index is 13.0. The minimum Gasteiger partial charge on any atom is -0.490 e. The normalized spacial score (nSPS) is 16.8. The molecule has 120 valence electrons. The Morgan fingerprint density at radius 1 is 1.09 bits per heavy atom. The first-order valence-electron chi connectivity index (χ1n) is 7.51. The van der Waals surface area contributed by atoms with Crippen LogP contribution in [0, 0.1) is 0 Å². The van der Waals surface area contributed by atoms with E-state index in [9.17, 15) is 8.42 Å². The summed E-state index contributed by atoms with van der Waals surface area (Å²) < 4.78 is 38.5.